The molecule has 0 radical (unpaired) electrons. The Morgan fingerprint density at radius 3 is 2.54 bits per heavy atom. The predicted octanol–water partition coefficient (Wildman–Crippen LogP) is 5.29. The van der Waals surface area contributed by atoms with Crippen molar-refractivity contribution in [3.63, 3.8) is 0 Å². The van der Waals surface area contributed by atoms with Gasteiger partial charge in [0, 0.05) is 30.1 Å². The Hall–Kier alpha value is -3.00. The van der Waals surface area contributed by atoms with Crippen molar-refractivity contribution in [1.82, 2.24) is 10.6 Å². The molecule has 4 aliphatic rings. The molecule has 1 spiro atoms. The van der Waals surface area contributed by atoms with Gasteiger partial charge in [0.05, 0.1) is 13.0 Å². The minimum atomic E-state index is -1.84. The fourth-order valence-electron chi connectivity index (χ4n) is 6.70. The number of carbonyl (C=O) groups is 2. The van der Waals surface area contributed by atoms with E-state index in [-0.39, 0.29) is 48.6 Å². The lowest BCUT2D eigenvalue weighted by molar-refractivity contribution is -0.136. The topological polar surface area (TPSA) is 87.7 Å². The first-order valence-electron chi connectivity index (χ1n) is 14.2. The molecule has 2 aromatic rings. The van der Waals surface area contributed by atoms with E-state index in [1.807, 2.05) is 6.07 Å². The van der Waals surface area contributed by atoms with Crippen LogP contribution in [0.2, 0.25) is 0 Å². The molecule has 2 aromatic carbocycles. The number of carboxylic acid groups (broad SMARTS) is 1. The van der Waals surface area contributed by atoms with Crippen LogP contribution in [0, 0.1) is 11.7 Å². The van der Waals surface area contributed by atoms with Crippen molar-refractivity contribution >= 4 is 11.9 Å². The monoisotopic (exact) mass is 538 g/mol. The Labute approximate surface area is 227 Å². The van der Waals surface area contributed by atoms with Crippen LogP contribution in [0.25, 0.3) is 11.1 Å². The minimum Gasteiger partial charge on any atom is -0.493 e. The second-order valence-corrected chi connectivity index (χ2v) is 12.2. The zero-order valence-corrected chi connectivity index (χ0v) is 22.1. The van der Waals surface area contributed by atoms with E-state index >= 15 is 4.39 Å². The Balaban J connectivity index is 1.11. The van der Waals surface area contributed by atoms with E-state index < -0.39 is 17.5 Å². The highest BCUT2D eigenvalue weighted by atomic mass is 19.1. The maximum atomic E-state index is 15.3. The molecule has 1 aliphatic heterocycles. The van der Waals surface area contributed by atoms with Gasteiger partial charge in [0.25, 0.3) is 5.91 Å². The van der Waals surface area contributed by atoms with E-state index in [1.165, 1.54) is 6.07 Å². The molecule has 3 aliphatic carbocycles. The molecular weight excluding hydrogens is 502 g/mol. The number of rotatable bonds is 9. The number of alkyl halides is 1. The summed E-state index contributed by atoms with van der Waals surface area (Å²) in [6.45, 7) is 0.499. The van der Waals surface area contributed by atoms with Gasteiger partial charge in [-0.3, -0.25) is 9.59 Å². The van der Waals surface area contributed by atoms with Crippen molar-refractivity contribution in [1.29, 1.82) is 0 Å². The van der Waals surface area contributed by atoms with E-state index in [0.717, 1.165) is 44.1 Å². The number of carboxylic acids is 1. The second-order valence-electron chi connectivity index (χ2n) is 12.2. The van der Waals surface area contributed by atoms with Gasteiger partial charge in [0.1, 0.15) is 11.6 Å². The van der Waals surface area contributed by atoms with Crippen LogP contribution in [0.1, 0.15) is 74.8 Å². The van der Waals surface area contributed by atoms with Crippen LogP contribution >= 0.6 is 0 Å². The van der Waals surface area contributed by atoms with E-state index in [4.69, 9.17) is 4.74 Å². The predicted molar refractivity (Wildman–Crippen MR) is 143 cm³/mol. The zero-order valence-electron chi connectivity index (χ0n) is 22.1. The molecule has 8 heteroatoms. The van der Waals surface area contributed by atoms with Crippen LogP contribution in [0.3, 0.4) is 0 Å². The molecule has 3 N–H and O–H groups in total. The van der Waals surface area contributed by atoms with Gasteiger partial charge in [-0.15, -0.1) is 0 Å². The highest BCUT2D eigenvalue weighted by molar-refractivity contribution is 5.86. The number of hydrogen-bond donors (Lipinski definition) is 3. The van der Waals surface area contributed by atoms with Gasteiger partial charge in [0.2, 0.25) is 5.67 Å². The number of nitrogens with one attached hydrogen (secondary N) is 2. The SMILES string of the molecule is O=C(O)Cc1ccc(OCC2CC(NC(=O)[C@@]3(F)CNC4(CCC4)C3)C2)c(-c2cccc(F)c2C2CCC2)c1. The summed E-state index contributed by atoms with van der Waals surface area (Å²) >= 11 is 0. The van der Waals surface area contributed by atoms with Crippen molar-refractivity contribution in [2.24, 2.45) is 5.92 Å². The first kappa shape index (κ1) is 26.2. The number of aliphatic carboxylic acids is 1. The van der Waals surface area contributed by atoms with Crippen LogP contribution in [0.15, 0.2) is 36.4 Å². The van der Waals surface area contributed by atoms with Crippen molar-refractivity contribution in [2.75, 3.05) is 13.2 Å². The molecule has 0 aromatic heterocycles. The summed E-state index contributed by atoms with van der Waals surface area (Å²) in [5, 5.41) is 15.5. The first-order valence-corrected chi connectivity index (χ1v) is 14.2. The number of benzene rings is 2. The van der Waals surface area contributed by atoms with Gasteiger partial charge in [-0.05, 0) is 91.7 Å². The lowest BCUT2D eigenvalue weighted by Gasteiger charge is -2.39. The van der Waals surface area contributed by atoms with Gasteiger partial charge in [-0.25, -0.2) is 8.78 Å². The van der Waals surface area contributed by atoms with Crippen LogP contribution in [0.5, 0.6) is 5.75 Å². The molecule has 4 fully saturated rings. The Morgan fingerprint density at radius 2 is 1.90 bits per heavy atom. The van der Waals surface area contributed by atoms with E-state index in [1.54, 1.807) is 24.3 Å². The summed E-state index contributed by atoms with van der Waals surface area (Å²) in [4.78, 5) is 24.1. The molecule has 208 valence electrons. The largest absolute Gasteiger partial charge is 0.493 e. The quantitative estimate of drug-likeness (QED) is 0.404. The molecule has 0 bridgehead atoms. The number of amides is 1. The lowest BCUT2D eigenvalue weighted by atomic mass is 9.73. The molecule has 0 unspecified atom stereocenters. The first-order chi connectivity index (χ1) is 18.7. The fourth-order valence-corrected chi connectivity index (χ4v) is 6.70. The van der Waals surface area contributed by atoms with Gasteiger partial charge in [-0.1, -0.05) is 24.6 Å². The van der Waals surface area contributed by atoms with E-state index in [0.29, 0.717) is 41.9 Å². The fraction of sp³-hybridized carbons (Fsp3) is 0.548. The van der Waals surface area contributed by atoms with Gasteiger partial charge in [-0.2, -0.15) is 0 Å². The van der Waals surface area contributed by atoms with Crippen molar-refractivity contribution in [3.8, 4) is 16.9 Å². The highest BCUT2D eigenvalue weighted by Gasteiger charge is 2.55. The van der Waals surface area contributed by atoms with Crippen LogP contribution in [0.4, 0.5) is 8.78 Å². The Kier molecular flexibility index (Phi) is 6.86. The third-order valence-electron chi connectivity index (χ3n) is 9.38. The molecule has 6 rings (SSSR count). The number of halogens is 2. The maximum Gasteiger partial charge on any atom is 0.307 e. The zero-order chi connectivity index (χ0) is 27.2. The average molecular weight is 539 g/mol. The Bertz CT molecular complexity index is 1270. The normalized spacial score (nSPS) is 27.3. The van der Waals surface area contributed by atoms with Gasteiger partial charge >= 0.3 is 5.97 Å². The summed E-state index contributed by atoms with van der Waals surface area (Å²) in [5.41, 5.74) is 0.751. The number of carbonyl (C=O) groups excluding carboxylic acids is 1. The lowest BCUT2D eigenvalue weighted by Crippen LogP contribution is -2.53. The smallest absolute Gasteiger partial charge is 0.307 e. The molecule has 6 nitrogen and oxygen atoms in total. The summed E-state index contributed by atoms with van der Waals surface area (Å²) in [5.74, 6) is -0.725. The molecule has 3 saturated carbocycles. The summed E-state index contributed by atoms with van der Waals surface area (Å²) < 4.78 is 36.5. The van der Waals surface area contributed by atoms with Gasteiger partial charge < -0.3 is 20.5 Å². The number of hydrogen-bond acceptors (Lipinski definition) is 4. The second kappa shape index (κ2) is 10.2. The standard InChI is InChI=1S/C31H36F2N2O4/c32-25-7-2-6-23(28(25)21-4-1-5-21)24-14-19(15-27(36)37)8-9-26(24)39-16-20-12-22(13-20)35-29(38)31(33)17-30(34-18-31)10-3-11-30/h2,6-9,14,20-22,34H,1,3-5,10-13,15-18H2,(H,35,38)(H,36,37)/t20?,22?,31-/m0/s1. The van der Waals surface area contributed by atoms with Crippen molar-refractivity contribution in [3.05, 3.63) is 53.3 Å². The molecule has 1 amide bonds. The average Bonchev–Trinajstić information content (AvgIpc) is 3.21. The molecule has 1 saturated heterocycles. The van der Waals surface area contributed by atoms with Crippen molar-refractivity contribution < 1.29 is 28.2 Å². The van der Waals surface area contributed by atoms with E-state index in [2.05, 4.69) is 10.6 Å². The maximum absolute atomic E-state index is 15.3. The molecule has 1 heterocycles. The summed E-state index contributed by atoms with van der Waals surface area (Å²) in [7, 11) is 0. The third kappa shape index (κ3) is 5.15. The Morgan fingerprint density at radius 1 is 1.10 bits per heavy atom. The molecule has 1 atom stereocenters. The van der Waals surface area contributed by atoms with Gasteiger partial charge in [0.15, 0.2) is 0 Å². The number of ether oxygens (including phenoxy) is 1. The summed E-state index contributed by atoms with van der Waals surface area (Å²) in [6, 6.07) is 10.3. The highest BCUT2D eigenvalue weighted by Crippen LogP contribution is 2.46. The molecule has 39 heavy (non-hydrogen) atoms. The summed E-state index contributed by atoms with van der Waals surface area (Å²) in [6.07, 6.45) is 7.45. The molecular formula is C31H36F2N2O4. The van der Waals surface area contributed by atoms with Crippen LogP contribution in [-0.4, -0.2) is 47.4 Å². The van der Waals surface area contributed by atoms with E-state index in [9.17, 15) is 19.1 Å². The minimum absolute atomic E-state index is 0.0671. The third-order valence-corrected chi connectivity index (χ3v) is 9.38. The van der Waals surface area contributed by atoms with Crippen molar-refractivity contribution in [2.45, 2.75) is 87.4 Å². The van der Waals surface area contributed by atoms with Crippen LogP contribution < -0.4 is 15.4 Å². The van der Waals surface area contributed by atoms with Crippen LogP contribution in [-0.2, 0) is 16.0 Å².